The molecule has 1 heterocycles. The Kier molecular flexibility index (Phi) is 5.17. The third kappa shape index (κ3) is 4.67. The van der Waals surface area contributed by atoms with Crippen LogP contribution in [0.15, 0.2) is 0 Å². The SMILES string of the molecule is CCC1CCCN(C(=O)CC(C)(C)CC(=O)O)C1. The van der Waals surface area contributed by atoms with Gasteiger partial charge >= 0.3 is 5.97 Å². The van der Waals surface area contributed by atoms with E-state index >= 15 is 0 Å². The van der Waals surface area contributed by atoms with Crippen LogP contribution in [0.3, 0.4) is 0 Å². The van der Waals surface area contributed by atoms with Gasteiger partial charge in [-0.3, -0.25) is 9.59 Å². The lowest BCUT2D eigenvalue weighted by molar-refractivity contribution is -0.141. The third-order valence-electron chi connectivity index (χ3n) is 3.71. The van der Waals surface area contributed by atoms with Crippen LogP contribution >= 0.6 is 0 Å². The van der Waals surface area contributed by atoms with Crippen molar-refractivity contribution in [3.8, 4) is 0 Å². The fourth-order valence-electron chi connectivity index (χ4n) is 2.62. The number of likely N-dealkylation sites (tertiary alicyclic amines) is 1. The molecular formula is C14H25NO3. The zero-order valence-electron chi connectivity index (χ0n) is 11.7. The quantitative estimate of drug-likeness (QED) is 0.821. The highest BCUT2D eigenvalue weighted by Gasteiger charge is 2.29. The van der Waals surface area contributed by atoms with E-state index in [1.54, 1.807) is 0 Å². The number of nitrogens with zero attached hydrogens (tertiary/aromatic N) is 1. The van der Waals surface area contributed by atoms with Gasteiger partial charge in [0.15, 0.2) is 0 Å². The summed E-state index contributed by atoms with van der Waals surface area (Å²) >= 11 is 0. The second-order valence-electron chi connectivity index (χ2n) is 6.17. The first-order chi connectivity index (χ1) is 8.34. The smallest absolute Gasteiger partial charge is 0.303 e. The Balaban J connectivity index is 2.51. The van der Waals surface area contributed by atoms with Crippen molar-refractivity contribution in [3.05, 3.63) is 0 Å². The van der Waals surface area contributed by atoms with Crippen molar-refractivity contribution >= 4 is 11.9 Å². The summed E-state index contributed by atoms with van der Waals surface area (Å²) in [5.74, 6) is -0.109. The molecular weight excluding hydrogens is 230 g/mol. The molecule has 0 saturated carbocycles. The zero-order chi connectivity index (χ0) is 13.8. The van der Waals surface area contributed by atoms with Gasteiger partial charge in [-0.05, 0) is 24.2 Å². The minimum Gasteiger partial charge on any atom is -0.481 e. The summed E-state index contributed by atoms with van der Waals surface area (Å²) in [6.07, 6.45) is 3.77. The van der Waals surface area contributed by atoms with Crippen LogP contribution in [-0.4, -0.2) is 35.0 Å². The van der Waals surface area contributed by atoms with Gasteiger partial charge in [-0.1, -0.05) is 27.2 Å². The Morgan fingerprint density at radius 2 is 2.00 bits per heavy atom. The molecule has 1 rings (SSSR count). The molecule has 0 aliphatic carbocycles. The second kappa shape index (κ2) is 6.21. The van der Waals surface area contributed by atoms with Crippen molar-refractivity contribution in [1.29, 1.82) is 0 Å². The summed E-state index contributed by atoms with van der Waals surface area (Å²) in [5, 5.41) is 8.83. The largest absolute Gasteiger partial charge is 0.481 e. The van der Waals surface area contributed by atoms with E-state index in [0.29, 0.717) is 12.3 Å². The highest BCUT2D eigenvalue weighted by molar-refractivity contribution is 5.78. The van der Waals surface area contributed by atoms with Crippen LogP contribution in [0, 0.1) is 11.3 Å². The topological polar surface area (TPSA) is 57.6 Å². The van der Waals surface area contributed by atoms with Crippen molar-refractivity contribution in [3.63, 3.8) is 0 Å². The summed E-state index contributed by atoms with van der Waals surface area (Å²) in [4.78, 5) is 24.9. The molecule has 0 aromatic heterocycles. The molecule has 1 aliphatic rings. The lowest BCUT2D eigenvalue weighted by Crippen LogP contribution is -2.41. The molecule has 4 nitrogen and oxygen atoms in total. The predicted octanol–water partition coefficient (Wildman–Crippen LogP) is 2.53. The summed E-state index contributed by atoms with van der Waals surface area (Å²) in [7, 11) is 0. The molecule has 18 heavy (non-hydrogen) atoms. The van der Waals surface area contributed by atoms with Crippen LogP contribution in [0.1, 0.15) is 52.9 Å². The van der Waals surface area contributed by atoms with Gasteiger partial charge in [0.1, 0.15) is 0 Å². The summed E-state index contributed by atoms with van der Waals surface area (Å²) < 4.78 is 0. The Labute approximate surface area is 109 Å². The number of amides is 1. The molecule has 0 spiro atoms. The Bertz CT molecular complexity index is 312. The zero-order valence-corrected chi connectivity index (χ0v) is 11.7. The number of aliphatic carboxylic acids is 1. The van der Waals surface area contributed by atoms with Crippen LogP contribution in [0.25, 0.3) is 0 Å². The van der Waals surface area contributed by atoms with E-state index in [4.69, 9.17) is 5.11 Å². The predicted molar refractivity (Wildman–Crippen MR) is 70.2 cm³/mol. The number of rotatable bonds is 5. The molecule has 0 aromatic rings. The fraction of sp³-hybridized carbons (Fsp3) is 0.857. The van der Waals surface area contributed by atoms with Crippen molar-refractivity contribution < 1.29 is 14.7 Å². The Morgan fingerprint density at radius 3 is 2.56 bits per heavy atom. The first-order valence-corrected chi connectivity index (χ1v) is 6.83. The van der Waals surface area contributed by atoms with Crippen LogP contribution < -0.4 is 0 Å². The molecule has 4 heteroatoms. The molecule has 1 atom stereocenters. The van der Waals surface area contributed by atoms with E-state index in [0.717, 1.165) is 25.9 Å². The van der Waals surface area contributed by atoms with Gasteiger partial charge in [-0.15, -0.1) is 0 Å². The minimum absolute atomic E-state index is 0.0454. The molecule has 1 aliphatic heterocycles. The van der Waals surface area contributed by atoms with E-state index in [2.05, 4.69) is 6.92 Å². The van der Waals surface area contributed by atoms with Gasteiger partial charge in [0, 0.05) is 19.5 Å². The maximum Gasteiger partial charge on any atom is 0.303 e. The first-order valence-electron chi connectivity index (χ1n) is 6.83. The van der Waals surface area contributed by atoms with E-state index < -0.39 is 11.4 Å². The number of carbonyl (C=O) groups is 2. The maximum absolute atomic E-state index is 12.2. The van der Waals surface area contributed by atoms with E-state index in [9.17, 15) is 9.59 Å². The molecule has 1 fully saturated rings. The van der Waals surface area contributed by atoms with Gasteiger partial charge in [0.2, 0.25) is 5.91 Å². The van der Waals surface area contributed by atoms with E-state index in [1.165, 1.54) is 6.42 Å². The lowest BCUT2D eigenvalue weighted by atomic mass is 9.84. The third-order valence-corrected chi connectivity index (χ3v) is 3.71. The number of carboxylic acid groups (broad SMARTS) is 1. The van der Waals surface area contributed by atoms with Gasteiger partial charge in [0.25, 0.3) is 0 Å². The van der Waals surface area contributed by atoms with Crippen molar-refractivity contribution in [1.82, 2.24) is 4.90 Å². The number of hydrogen-bond acceptors (Lipinski definition) is 2. The van der Waals surface area contributed by atoms with Crippen LogP contribution in [-0.2, 0) is 9.59 Å². The average Bonchev–Trinajstić information content (AvgIpc) is 2.26. The van der Waals surface area contributed by atoms with Crippen LogP contribution in [0.2, 0.25) is 0 Å². The molecule has 1 saturated heterocycles. The minimum atomic E-state index is -0.835. The molecule has 0 radical (unpaired) electrons. The molecule has 1 N–H and O–H groups in total. The van der Waals surface area contributed by atoms with E-state index in [1.807, 2.05) is 18.7 Å². The van der Waals surface area contributed by atoms with Crippen molar-refractivity contribution in [2.24, 2.45) is 11.3 Å². The molecule has 0 bridgehead atoms. The fourth-order valence-corrected chi connectivity index (χ4v) is 2.62. The van der Waals surface area contributed by atoms with E-state index in [-0.39, 0.29) is 12.3 Å². The number of carbonyl (C=O) groups excluding carboxylic acids is 1. The molecule has 1 unspecified atom stereocenters. The van der Waals surface area contributed by atoms with Crippen LogP contribution in [0.5, 0.6) is 0 Å². The number of hydrogen-bond donors (Lipinski definition) is 1. The standard InChI is InChI=1S/C14H25NO3/c1-4-11-6-5-7-15(10-11)12(16)8-14(2,3)9-13(17)18/h11H,4-10H2,1-3H3,(H,17,18). The monoisotopic (exact) mass is 255 g/mol. The van der Waals surface area contributed by atoms with Gasteiger partial charge in [-0.25, -0.2) is 0 Å². The molecule has 0 aromatic carbocycles. The van der Waals surface area contributed by atoms with Gasteiger partial charge < -0.3 is 10.0 Å². The molecule has 1 amide bonds. The van der Waals surface area contributed by atoms with Crippen molar-refractivity contribution in [2.75, 3.05) is 13.1 Å². The number of carboxylic acids is 1. The summed E-state index contributed by atoms with van der Waals surface area (Å²) in [6.45, 7) is 7.53. The van der Waals surface area contributed by atoms with Crippen LogP contribution in [0.4, 0.5) is 0 Å². The normalized spacial score (nSPS) is 20.8. The highest BCUT2D eigenvalue weighted by atomic mass is 16.4. The number of piperidine rings is 1. The Morgan fingerprint density at radius 1 is 1.33 bits per heavy atom. The highest BCUT2D eigenvalue weighted by Crippen LogP contribution is 2.28. The average molecular weight is 255 g/mol. The Hall–Kier alpha value is -1.06. The van der Waals surface area contributed by atoms with Crippen molar-refractivity contribution in [2.45, 2.75) is 52.9 Å². The van der Waals surface area contributed by atoms with Gasteiger partial charge in [-0.2, -0.15) is 0 Å². The summed E-state index contributed by atoms with van der Waals surface area (Å²) in [5.41, 5.74) is -0.456. The van der Waals surface area contributed by atoms with Gasteiger partial charge in [0.05, 0.1) is 6.42 Å². The summed E-state index contributed by atoms with van der Waals surface area (Å²) in [6, 6.07) is 0. The first kappa shape index (κ1) is 15.0. The lowest BCUT2D eigenvalue weighted by Gasteiger charge is -2.34. The maximum atomic E-state index is 12.2. The second-order valence-corrected chi connectivity index (χ2v) is 6.17. The molecule has 104 valence electrons.